The highest BCUT2D eigenvalue weighted by atomic mass is 16.6. The summed E-state index contributed by atoms with van der Waals surface area (Å²) in [6.45, 7) is 2.18. The standard InChI is InChI=1S/C20H19N5O4/c1-14(16-5-9-18(29-2)10-6-16)21-22-20(26)19-11-12-24(23-19)13-15-3-7-17(8-4-15)25(27)28/h3-12H,13H2,1-2H3,(H,22,26)/b21-14+. The van der Waals surface area contributed by atoms with Crippen molar-refractivity contribution in [3.63, 3.8) is 0 Å². The summed E-state index contributed by atoms with van der Waals surface area (Å²) in [7, 11) is 1.59. The number of non-ortho nitro benzene ring substituents is 1. The van der Waals surface area contributed by atoms with Crippen LogP contribution in [0.4, 0.5) is 5.69 Å². The molecule has 0 radical (unpaired) electrons. The first-order chi connectivity index (χ1) is 14.0. The minimum atomic E-state index is -0.450. The molecule has 0 saturated carbocycles. The number of hydrogen-bond donors (Lipinski definition) is 1. The number of nitrogens with zero attached hydrogens (tertiary/aromatic N) is 4. The lowest BCUT2D eigenvalue weighted by Crippen LogP contribution is -2.20. The molecule has 3 rings (SSSR count). The van der Waals surface area contributed by atoms with E-state index in [2.05, 4.69) is 15.6 Å². The number of ether oxygens (including phenoxy) is 1. The second-order valence-electron chi connectivity index (χ2n) is 6.19. The van der Waals surface area contributed by atoms with E-state index in [1.54, 1.807) is 43.1 Å². The molecule has 1 aromatic heterocycles. The minimum Gasteiger partial charge on any atom is -0.497 e. The third-order valence-corrected chi connectivity index (χ3v) is 4.20. The molecular formula is C20H19N5O4. The molecule has 0 fully saturated rings. The summed E-state index contributed by atoms with van der Waals surface area (Å²) in [5.41, 5.74) is 5.07. The molecule has 0 saturated heterocycles. The SMILES string of the molecule is COc1ccc(/C(C)=N/NC(=O)c2ccn(Cc3ccc([N+](=O)[O-])cc3)n2)cc1. The lowest BCUT2D eigenvalue weighted by atomic mass is 10.1. The smallest absolute Gasteiger partial charge is 0.291 e. The molecule has 0 aliphatic carbocycles. The average Bonchev–Trinajstić information content (AvgIpc) is 3.20. The summed E-state index contributed by atoms with van der Waals surface area (Å²) in [6, 6.07) is 15.1. The number of methoxy groups -OCH3 is 1. The van der Waals surface area contributed by atoms with E-state index in [0.717, 1.165) is 16.9 Å². The van der Waals surface area contributed by atoms with Crippen LogP contribution < -0.4 is 10.2 Å². The summed E-state index contributed by atoms with van der Waals surface area (Å²) in [5, 5.41) is 19.0. The summed E-state index contributed by atoms with van der Waals surface area (Å²) in [5.74, 6) is 0.310. The molecule has 0 aliphatic rings. The van der Waals surface area contributed by atoms with Crippen LogP contribution in [0.25, 0.3) is 0 Å². The summed E-state index contributed by atoms with van der Waals surface area (Å²) < 4.78 is 6.70. The van der Waals surface area contributed by atoms with Crippen molar-refractivity contribution in [2.24, 2.45) is 5.10 Å². The van der Waals surface area contributed by atoms with Gasteiger partial charge in [-0.15, -0.1) is 0 Å². The molecule has 1 heterocycles. The Bertz CT molecular complexity index is 1040. The number of nitro groups is 1. The van der Waals surface area contributed by atoms with E-state index in [1.165, 1.54) is 12.1 Å². The lowest BCUT2D eigenvalue weighted by Gasteiger charge is -2.04. The highest BCUT2D eigenvalue weighted by Gasteiger charge is 2.10. The van der Waals surface area contributed by atoms with Gasteiger partial charge in [0, 0.05) is 18.3 Å². The molecule has 9 nitrogen and oxygen atoms in total. The van der Waals surface area contributed by atoms with Gasteiger partial charge < -0.3 is 4.74 Å². The predicted molar refractivity (Wildman–Crippen MR) is 107 cm³/mol. The third-order valence-electron chi connectivity index (χ3n) is 4.20. The highest BCUT2D eigenvalue weighted by Crippen LogP contribution is 2.13. The van der Waals surface area contributed by atoms with Crippen molar-refractivity contribution < 1.29 is 14.5 Å². The first-order valence-corrected chi connectivity index (χ1v) is 8.72. The number of benzene rings is 2. The number of amides is 1. The Balaban J connectivity index is 1.61. The number of hydrazone groups is 1. The maximum absolute atomic E-state index is 12.3. The minimum absolute atomic E-state index is 0.0272. The van der Waals surface area contributed by atoms with Crippen molar-refractivity contribution in [1.82, 2.24) is 15.2 Å². The fourth-order valence-electron chi connectivity index (χ4n) is 2.57. The number of nitrogens with one attached hydrogen (secondary N) is 1. The van der Waals surface area contributed by atoms with E-state index in [4.69, 9.17) is 4.74 Å². The molecule has 1 N–H and O–H groups in total. The Morgan fingerprint density at radius 1 is 1.17 bits per heavy atom. The van der Waals surface area contributed by atoms with Gasteiger partial charge in [0.15, 0.2) is 5.69 Å². The molecular weight excluding hydrogens is 374 g/mol. The molecule has 2 aromatic carbocycles. The Morgan fingerprint density at radius 3 is 2.48 bits per heavy atom. The Hall–Kier alpha value is -4.01. The van der Waals surface area contributed by atoms with Gasteiger partial charge in [-0.3, -0.25) is 19.6 Å². The van der Waals surface area contributed by atoms with Gasteiger partial charge in [0.1, 0.15) is 5.75 Å². The van der Waals surface area contributed by atoms with Crippen molar-refractivity contribution in [2.75, 3.05) is 7.11 Å². The Labute approximate surface area is 166 Å². The van der Waals surface area contributed by atoms with Gasteiger partial charge in [-0.1, -0.05) is 12.1 Å². The number of hydrogen-bond acceptors (Lipinski definition) is 6. The second-order valence-corrected chi connectivity index (χ2v) is 6.19. The number of rotatable bonds is 7. The van der Waals surface area contributed by atoms with Crippen molar-refractivity contribution in [2.45, 2.75) is 13.5 Å². The van der Waals surface area contributed by atoms with Crippen LogP contribution in [0.3, 0.4) is 0 Å². The number of aromatic nitrogens is 2. The summed E-state index contributed by atoms with van der Waals surface area (Å²) >= 11 is 0. The molecule has 0 unspecified atom stereocenters. The van der Waals surface area contributed by atoms with Crippen LogP contribution in [-0.2, 0) is 6.54 Å². The van der Waals surface area contributed by atoms with E-state index in [9.17, 15) is 14.9 Å². The molecule has 1 amide bonds. The first kappa shape index (κ1) is 19.7. The molecule has 148 valence electrons. The van der Waals surface area contributed by atoms with Crippen LogP contribution in [0.1, 0.15) is 28.5 Å². The summed E-state index contributed by atoms with van der Waals surface area (Å²) in [6.07, 6.45) is 1.66. The van der Waals surface area contributed by atoms with Gasteiger partial charge in [-0.05, 0) is 48.4 Å². The maximum Gasteiger partial charge on any atom is 0.291 e. The van der Waals surface area contributed by atoms with Crippen molar-refractivity contribution in [3.05, 3.63) is 87.7 Å². The zero-order chi connectivity index (χ0) is 20.8. The second kappa shape index (κ2) is 8.79. The van der Waals surface area contributed by atoms with Crippen LogP contribution in [0, 0.1) is 10.1 Å². The molecule has 0 aliphatic heterocycles. The van der Waals surface area contributed by atoms with E-state index < -0.39 is 10.8 Å². The van der Waals surface area contributed by atoms with Gasteiger partial charge in [-0.25, -0.2) is 5.43 Å². The van der Waals surface area contributed by atoms with E-state index >= 15 is 0 Å². The average molecular weight is 393 g/mol. The fraction of sp³-hybridized carbons (Fsp3) is 0.150. The fourth-order valence-corrected chi connectivity index (χ4v) is 2.57. The molecule has 0 bridgehead atoms. The van der Waals surface area contributed by atoms with Gasteiger partial charge in [0.2, 0.25) is 0 Å². The van der Waals surface area contributed by atoms with Gasteiger partial charge in [0.05, 0.1) is 24.3 Å². The predicted octanol–water partition coefficient (Wildman–Crippen LogP) is 3.00. The van der Waals surface area contributed by atoms with Crippen LogP contribution >= 0.6 is 0 Å². The normalized spacial score (nSPS) is 11.2. The maximum atomic E-state index is 12.3. The third kappa shape index (κ3) is 5.04. The van der Waals surface area contributed by atoms with Crippen LogP contribution in [0.5, 0.6) is 5.75 Å². The number of nitro benzene ring substituents is 1. The quantitative estimate of drug-likeness (QED) is 0.377. The number of carbonyl (C=O) groups is 1. The largest absolute Gasteiger partial charge is 0.497 e. The number of carbonyl (C=O) groups excluding carboxylic acids is 1. The molecule has 0 spiro atoms. The van der Waals surface area contributed by atoms with Crippen molar-refractivity contribution >= 4 is 17.3 Å². The Morgan fingerprint density at radius 2 is 1.86 bits per heavy atom. The zero-order valence-corrected chi connectivity index (χ0v) is 15.9. The van der Waals surface area contributed by atoms with E-state index in [0.29, 0.717) is 12.3 Å². The topological polar surface area (TPSA) is 112 Å². The molecule has 0 atom stereocenters. The van der Waals surface area contributed by atoms with Crippen LogP contribution in [0.2, 0.25) is 0 Å². The highest BCUT2D eigenvalue weighted by molar-refractivity contribution is 6.00. The Kier molecular flexibility index (Phi) is 5.98. The molecule has 29 heavy (non-hydrogen) atoms. The first-order valence-electron chi connectivity index (χ1n) is 8.72. The summed E-state index contributed by atoms with van der Waals surface area (Å²) in [4.78, 5) is 22.5. The van der Waals surface area contributed by atoms with Crippen LogP contribution in [0.15, 0.2) is 65.9 Å². The van der Waals surface area contributed by atoms with Gasteiger partial charge in [-0.2, -0.15) is 10.2 Å². The van der Waals surface area contributed by atoms with Crippen molar-refractivity contribution in [3.8, 4) is 5.75 Å². The van der Waals surface area contributed by atoms with E-state index in [-0.39, 0.29) is 11.4 Å². The van der Waals surface area contributed by atoms with Gasteiger partial charge in [0.25, 0.3) is 11.6 Å². The van der Waals surface area contributed by atoms with Crippen LogP contribution in [-0.4, -0.2) is 33.4 Å². The van der Waals surface area contributed by atoms with E-state index in [1.807, 2.05) is 24.3 Å². The zero-order valence-electron chi connectivity index (χ0n) is 15.9. The van der Waals surface area contributed by atoms with Crippen molar-refractivity contribution in [1.29, 1.82) is 0 Å². The monoisotopic (exact) mass is 393 g/mol. The molecule has 9 heteroatoms. The molecule has 3 aromatic rings. The van der Waals surface area contributed by atoms with Gasteiger partial charge >= 0.3 is 0 Å². The lowest BCUT2D eigenvalue weighted by molar-refractivity contribution is -0.384.